The highest BCUT2D eigenvalue weighted by Crippen LogP contribution is 2.30. The van der Waals surface area contributed by atoms with E-state index in [-0.39, 0.29) is 16.6 Å². The first-order valence-electron chi connectivity index (χ1n) is 9.19. The van der Waals surface area contributed by atoms with Gasteiger partial charge in [0, 0.05) is 37.3 Å². The molecule has 1 N–H and O–H groups in total. The molecule has 0 radical (unpaired) electrons. The van der Waals surface area contributed by atoms with E-state index in [1.54, 1.807) is 17.0 Å². The summed E-state index contributed by atoms with van der Waals surface area (Å²) in [6.45, 7) is 6.23. The summed E-state index contributed by atoms with van der Waals surface area (Å²) in [5, 5.41) is 3.84. The minimum Gasteiger partial charge on any atom is -0.368 e. The van der Waals surface area contributed by atoms with Crippen LogP contribution in [0.1, 0.15) is 0 Å². The molecule has 0 aliphatic carbocycles. The second-order valence-corrected chi connectivity index (χ2v) is 7.07. The van der Waals surface area contributed by atoms with Gasteiger partial charge in [0.25, 0.3) is 0 Å². The van der Waals surface area contributed by atoms with Crippen LogP contribution >= 0.6 is 11.6 Å². The molecule has 1 amide bonds. The van der Waals surface area contributed by atoms with Gasteiger partial charge in [-0.2, -0.15) is 0 Å². The number of rotatable bonds is 4. The van der Waals surface area contributed by atoms with E-state index in [9.17, 15) is 9.18 Å². The first kappa shape index (κ1) is 19.1. The van der Waals surface area contributed by atoms with Crippen molar-refractivity contribution in [1.82, 2.24) is 14.9 Å². The molecule has 1 aliphatic heterocycles. The summed E-state index contributed by atoms with van der Waals surface area (Å²) in [4.78, 5) is 24.4. The lowest BCUT2D eigenvalue weighted by Crippen LogP contribution is -2.48. The molecule has 1 saturated heterocycles. The van der Waals surface area contributed by atoms with Gasteiger partial charge in [-0.25, -0.2) is 14.4 Å². The third-order valence-electron chi connectivity index (χ3n) is 4.95. The van der Waals surface area contributed by atoms with Crippen LogP contribution in [0.15, 0.2) is 55.4 Å². The van der Waals surface area contributed by atoms with Crippen LogP contribution in [0.3, 0.4) is 0 Å². The van der Waals surface area contributed by atoms with Crippen LogP contribution in [0.4, 0.5) is 21.6 Å². The topological polar surface area (TPSA) is 61.4 Å². The fourth-order valence-electron chi connectivity index (χ4n) is 3.38. The van der Waals surface area contributed by atoms with Gasteiger partial charge >= 0.3 is 0 Å². The summed E-state index contributed by atoms with van der Waals surface area (Å²) in [7, 11) is 0. The van der Waals surface area contributed by atoms with Crippen LogP contribution in [0.25, 0.3) is 10.9 Å². The largest absolute Gasteiger partial charge is 0.368 e. The average Bonchev–Trinajstić information content (AvgIpc) is 2.76. The van der Waals surface area contributed by atoms with Crippen LogP contribution in [0, 0.1) is 5.82 Å². The van der Waals surface area contributed by atoms with E-state index in [1.807, 2.05) is 18.2 Å². The first-order valence-corrected chi connectivity index (χ1v) is 9.56. The Labute approximate surface area is 172 Å². The maximum atomic E-state index is 14.3. The highest BCUT2D eigenvalue weighted by Gasteiger charge is 2.20. The Bertz CT molecular complexity index is 1080. The third kappa shape index (κ3) is 3.86. The molecule has 0 saturated carbocycles. The zero-order valence-electron chi connectivity index (χ0n) is 15.6. The number of fused-ring (bicyclic) bond motifs is 1. The predicted molar refractivity (Wildman–Crippen MR) is 113 cm³/mol. The van der Waals surface area contributed by atoms with Crippen LogP contribution in [0.5, 0.6) is 0 Å². The third-order valence-corrected chi connectivity index (χ3v) is 5.25. The molecule has 3 aromatic rings. The van der Waals surface area contributed by atoms with E-state index in [0.717, 1.165) is 16.6 Å². The monoisotopic (exact) mass is 411 g/mol. The molecule has 4 rings (SSSR count). The van der Waals surface area contributed by atoms with Crippen molar-refractivity contribution in [1.29, 1.82) is 0 Å². The van der Waals surface area contributed by atoms with Gasteiger partial charge in [-0.1, -0.05) is 24.2 Å². The van der Waals surface area contributed by atoms with Gasteiger partial charge in [0.15, 0.2) is 5.82 Å². The van der Waals surface area contributed by atoms with Crippen molar-refractivity contribution in [3.8, 4) is 0 Å². The van der Waals surface area contributed by atoms with Crippen molar-refractivity contribution in [2.24, 2.45) is 0 Å². The van der Waals surface area contributed by atoms with Gasteiger partial charge in [0.1, 0.15) is 12.1 Å². The molecular formula is C21H19ClFN5O. The fraction of sp³-hybridized carbons (Fsp3) is 0.190. The standard InChI is InChI=1S/C21H19ClFN5O/c1-2-19(29)28-10-8-27(9-11-28)14-6-7-17-15(12-14)21(25-13-24-17)26-18-5-3-4-16(22)20(18)23/h2-7,12-13H,1,8-11H2,(H,24,25,26). The summed E-state index contributed by atoms with van der Waals surface area (Å²) in [5.41, 5.74) is 1.99. The normalized spacial score (nSPS) is 14.1. The number of piperazine rings is 1. The van der Waals surface area contributed by atoms with Gasteiger partial charge in [0.2, 0.25) is 5.91 Å². The molecule has 2 aromatic carbocycles. The SMILES string of the molecule is C=CC(=O)N1CCN(c2ccc3ncnc(Nc4cccc(Cl)c4F)c3c2)CC1. The van der Waals surface area contributed by atoms with Crippen LogP contribution < -0.4 is 10.2 Å². The number of amides is 1. The van der Waals surface area contributed by atoms with E-state index in [1.165, 1.54) is 18.5 Å². The number of hydrogen-bond acceptors (Lipinski definition) is 5. The molecule has 2 heterocycles. The highest BCUT2D eigenvalue weighted by molar-refractivity contribution is 6.31. The lowest BCUT2D eigenvalue weighted by atomic mass is 10.1. The van der Waals surface area contributed by atoms with Crippen molar-refractivity contribution >= 4 is 45.6 Å². The van der Waals surface area contributed by atoms with E-state index in [0.29, 0.717) is 32.0 Å². The molecule has 0 atom stereocenters. The number of nitrogens with zero attached hydrogens (tertiary/aromatic N) is 4. The van der Waals surface area contributed by atoms with Crippen molar-refractivity contribution in [2.45, 2.75) is 0 Å². The van der Waals surface area contributed by atoms with Crippen molar-refractivity contribution in [3.05, 3.63) is 66.2 Å². The van der Waals surface area contributed by atoms with E-state index >= 15 is 0 Å². The first-order chi connectivity index (χ1) is 14.1. The number of halogens is 2. The van der Waals surface area contributed by atoms with Crippen LogP contribution in [-0.4, -0.2) is 47.0 Å². The van der Waals surface area contributed by atoms with Crippen molar-refractivity contribution in [2.75, 3.05) is 36.4 Å². The lowest BCUT2D eigenvalue weighted by molar-refractivity contribution is -0.126. The highest BCUT2D eigenvalue weighted by atomic mass is 35.5. The number of hydrogen-bond donors (Lipinski definition) is 1. The Balaban J connectivity index is 1.62. The summed E-state index contributed by atoms with van der Waals surface area (Å²) in [6.07, 6.45) is 2.78. The molecular weight excluding hydrogens is 393 g/mol. The predicted octanol–water partition coefficient (Wildman–Crippen LogP) is 4.00. The molecule has 1 aromatic heterocycles. The minimum atomic E-state index is -0.528. The maximum absolute atomic E-state index is 14.3. The molecule has 0 unspecified atom stereocenters. The molecule has 8 heteroatoms. The van der Waals surface area contributed by atoms with Crippen molar-refractivity contribution in [3.63, 3.8) is 0 Å². The lowest BCUT2D eigenvalue weighted by Gasteiger charge is -2.35. The summed E-state index contributed by atoms with van der Waals surface area (Å²) in [6, 6.07) is 10.7. The van der Waals surface area contributed by atoms with E-state index in [4.69, 9.17) is 11.6 Å². The number of anilines is 3. The van der Waals surface area contributed by atoms with E-state index < -0.39 is 5.82 Å². The molecule has 1 aliphatic rings. The summed E-state index contributed by atoms with van der Waals surface area (Å²) >= 11 is 5.88. The zero-order valence-corrected chi connectivity index (χ0v) is 16.4. The molecule has 0 bridgehead atoms. The Morgan fingerprint density at radius 3 is 2.72 bits per heavy atom. The zero-order chi connectivity index (χ0) is 20.4. The molecule has 29 heavy (non-hydrogen) atoms. The van der Waals surface area contributed by atoms with Gasteiger partial charge in [-0.15, -0.1) is 0 Å². The smallest absolute Gasteiger partial charge is 0.246 e. The molecule has 0 spiro atoms. The number of nitrogens with one attached hydrogen (secondary N) is 1. The minimum absolute atomic E-state index is 0.0426. The second kappa shape index (κ2) is 8.05. The van der Waals surface area contributed by atoms with E-state index in [2.05, 4.69) is 26.8 Å². The summed E-state index contributed by atoms with van der Waals surface area (Å²) < 4.78 is 14.3. The summed E-state index contributed by atoms with van der Waals surface area (Å²) in [5.74, 6) is -0.0785. The maximum Gasteiger partial charge on any atom is 0.246 e. The molecule has 1 fully saturated rings. The Hall–Kier alpha value is -3.19. The molecule has 148 valence electrons. The van der Waals surface area contributed by atoms with Crippen LogP contribution in [0.2, 0.25) is 5.02 Å². The van der Waals surface area contributed by atoms with Crippen molar-refractivity contribution < 1.29 is 9.18 Å². The number of carbonyl (C=O) groups is 1. The molecule has 6 nitrogen and oxygen atoms in total. The fourth-order valence-corrected chi connectivity index (χ4v) is 3.56. The second-order valence-electron chi connectivity index (χ2n) is 6.67. The Morgan fingerprint density at radius 1 is 1.17 bits per heavy atom. The van der Waals surface area contributed by atoms with Gasteiger partial charge in [-0.05, 0) is 36.4 Å². The number of aromatic nitrogens is 2. The number of benzene rings is 2. The Morgan fingerprint density at radius 2 is 1.97 bits per heavy atom. The average molecular weight is 412 g/mol. The van der Waals surface area contributed by atoms with Gasteiger partial charge in [-0.3, -0.25) is 4.79 Å². The number of carbonyl (C=O) groups excluding carboxylic acids is 1. The Kier molecular flexibility index (Phi) is 5.31. The quantitative estimate of drug-likeness (QED) is 0.657. The van der Waals surface area contributed by atoms with Gasteiger partial charge in [0.05, 0.1) is 16.2 Å². The van der Waals surface area contributed by atoms with Gasteiger partial charge < -0.3 is 15.1 Å². The van der Waals surface area contributed by atoms with Crippen LogP contribution in [-0.2, 0) is 4.79 Å².